The fourth-order valence-electron chi connectivity index (χ4n) is 4.21. The topological polar surface area (TPSA) is 86.8 Å². The smallest absolute Gasteiger partial charge is 0.243 e. The van der Waals surface area contributed by atoms with Gasteiger partial charge in [-0.05, 0) is 76.8 Å². The number of halogens is 2. The minimum Gasteiger partial charge on any atom is -0.350 e. The van der Waals surface area contributed by atoms with Crippen molar-refractivity contribution in [2.45, 2.75) is 78.9 Å². The van der Waals surface area contributed by atoms with E-state index in [1.807, 2.05) is 53.7 Å². The Morgan fingerprint density at radius 2 is 1.61 bits per heavy atom. The molecular formula is C28H39Cl2N3O4S. The van der Waals surface area contributed by atoms with E-state index in [4.69, 9.17) is 23.2 Å². The Morgan fingerprint density at radius 1 is 1.03 bits per heavy atom. The fraction of sp³-hybridized carbons (Fsp3) is 0.500. The Hall–Kier alpha value is -2.29. The second kappa shape index (κ2) is 13.2. The van der Waals surface area contributed by atoms with Gasteiger partial charge in [0.25, 0.3) is 0 Å². The first-order valence-corrected chi connectivity index (χ1v) is 15.3. The summed E-state index contributed by atoms with van der Waals surface area (Å²) in [6.07, 6.45) is 1.85. The first-order chi connectivity index (χ1) is 17.6. The minimum atomic E-state index is -3.58. The zero-order valence-electron chi connectivity index (χ0n) is 23.3. The molecule has 2 aromatic rings. The molecule has 0 heterocycles. The summed E-state index contributed by atoms with van der Waals surface area (Å²) in [4.78, 5) is 28.3. The molecule has 0 aliphatic carbocycles. The van der Waals surface area contributed by atoms with E-state index in [1.165, 1.54) is 9.21 Å². The number of hydrogen-bond donors (Lipinski definition) is 1. The molecule has 0 aromatic heterocycles. The number of nitrogens with one attached hydrogen (secondary N) is 1. The van der Waals surface area contributed by atoms with Gasteiger partial charge in [0, 0.05) is 40.7 Å². The highest BCUT2D eigenvalue weighted by atomic mass is 35.5. The van der Waals surface area contributed by atoms with Crippen LogP contribution in [0.1, 0.15) is 63.6 Å². The summed E-state index contributed by atoms with van der Waals surface area (Å²) in [5.41, 5.74) is 2.51. The first-order valence-electron chi connectivity index (χ1n) is 12.6. The third-order valence-corrected chi connectivity index (χ3v) is 8.16. The third kappa shape index (κ3) is 8.61. The van der Waals surface area contributed by atoms with Crippen molar-refractivity contribution in [1.29, 1.82) is 0 Å². The normalized spacial score (nSPS) is 12.7. The van der Waals surface area contributed by atoms with E-state index in [0.717, 1.165) is 17.4 Å². The molecule has 38 heavy (non-hydrogen) atoms. The van der Waals surface area contributed by atoms with Crippen molar-refractivity contribution in [2.24, 2.45) is 0 Å². The highest BCUT2D eigenvalue weighted by molar-refractivity contribution is 7.92. The number of nitrogens with zero attached hydrogens (tertiary/aromatic N) is 2. The van der Waals surface area contributed by atoms with Gasteiger partial charge in [-0.25, -0.2) is 8.42 Å². The molecule has 0 saturated carbocycles. The van der Waals surface area contributed by atoms with Crippen LogP contribution < -0.4 is 9.62 Å². The highest BCUT2D eigenvalue weighted by Gasteiger charge is 2.31. The number of hydrogen-bond acceptors (Lipinski definition) is 4. The lowest BCUT2D eigenvalue weighted by Crippen LogP contribution is -2.53. The average Bonchev–Trinajstić information content (AvgIpc) is 2.78. The molecule has 1 atom stereocenters. The molecule has 0 aliphatic rings. The molecular weight excluding hydrogens is 545 g/mol. The molecule has 2 amide bonds. The van der Waals surface area contributed by atoms with Crippen LogP contribution in [0.25, 0.3) is 0 Å². The van der Waals surface area contributed by atoms with E-state index >= 15 is 0 Å². The first kappa shape index (κ1) is 31.9. The predicted molar refractivity (Wildman–Crippen MR) is 156 cm³/mol. The highest BCUT2D eigenvalue weighted by Crippen LogP contribution is 2.28. The van der Waals surface area contributed by atoms with Gasteiger partial charge in [-0.3, -0.25) is 13.9 Å². The Labute approximate surface area is 237 Å². The summed E-state index contributed by atoms with van der Waals surface area (Å²) < 4.78 is 26.6. The zero-order valence-corrected chi connectivity index (χ0v) is 25.6. The standard InChI is InChI=1S/C28H39Cl2N3O4S/c1-8-24(27(35)31-28(4,5)6)32(18-21-22(29)13-10-14-23(21)30)26(34)16-11-17-33(38(7,36)37)25-15-9-12-19(2)20(25)3/h9-10,12-15,24H,8,11,16-18H2,1-7H3,(H,31,35)/t24-/m0/s1. The van der Waals surface area contributed by atoms with Crippen LogP contribution in [0.5, 0.6) is 0 Å². The fourth-order valence-corrected chi connectivity index (χ4v) is 5.75. The summed E-state index contributed by atoms with van der Waals surface area (Å²) in [7, 11) is -3.58. The lowest BCUT2D eigenvalue weighted by molar-refractivity contribution is -0.142. The maximum atomic E-state index is 13.6. The SMILES string of the molecule is CC[C@@H](C(=O)NC(C)(C)C)N(Cc1c(Cl)cccc1Cl)C(=O)CCCN(c1cccc(C)c1C)S(C)(=O)=O. The Kier molecular flexibility index (Phi) is 11.1. The number of aryl methyl sites for hydroxylation is 1. The van der Waals surface area contributed by atoms with Crippen LogP contribution in [-0.4, -0.2) is 49.5 Å². The molecule has 0 radical (unpaired) electrons. The molecule has 0 saturated heterocycles. The summed E-state index contributed by atoms with van der Waals surface area (Å²) >= 11 is 12.8. The number of sulfonamides is 1. The van der Waals surface area contributed by atoms with Gasteiger partial charge >= 0.3 is 0 Å². The lowest BCUT2D eigenvalue weighted by atomic mass is 10.0. The predicted octanol–water partition coefficient (Wildman–Crippen LogP) is 5.88. The third-order valence-electron chi connectivity index (χ3n) is 6.27. The molecule has 210 valence electrons. The van der Waals surface area contributed by atoms with Gasteiger partial charge in [0.1, 0.15) is 6.04 Å². The van der Waals surface area contributed by atoms with E-state index in [9.17, 15) is 18.0 Å². The van der Waals surface area contributed by atoms with Gasteiger partial charge in [0.2, 0.25) is 21.8 Å². The van der Waals surface area contributed by atoms with Crippen molar-refractivity contribution in [2.75, 3.05) is 17.1 Å². The number of rotatable bonds is 11. The maximum Gasteiger partial charge on any atom is 0.243 e. The van der Waals surface area contributed by atoms with Crippen LogP contribution in [0, 0.1) is 13.8 Å². The van der Waals surface area contributed by atoms with Crippen LogP contribution in [0.3, 0.4) is 0 Å². The number of anilines is 1. The van der Waals surface area contributed by atoms with Crippen LogP contribution >= 0.6 is 23.2 Å². The quantitative estimate of drug-likeness (QED) is 0.358. The van der Waals surface area contributed by atoms with Gasteiger partial charge in [-0.2, -0.15) is 0 Å². The average molecular weight is 585 g/mol. The van der Waals surface area contributed by atoms with Gasteiger partial charge in [-0.1, -0.05) is 48.3 Å². The summed E-state index contributed by atoms with van der Waals surface area (Å²) in [6.45, 7) is 11.5. The van der Waals surface area contributed by atoms with Crippen molar-refractivity contribution in [3.63, 3.8) is 0 Å². The summed E-state index contributed by atoms with van der Waals surface area (Å²) in [6, 6.07) is 9.85. The van der Waals surface area contributed by atoms with Gasteiger partial charge in [0.05, 0.1) is 11.9 Å². The maximum absolute atomic E-state index is 13.6. The minimum absolute atomic E-state index is 0.0399. The molecule has 1 N–H and O–H groups in total. The monoisotopic (exact) mass is 583 g/mol. The van der Waals surface area contributed by atoms with Crippen molar-refractivity contribution >= 4 is 50.7 Å². The molecule has 7 nitrogen and oxygen atoms in total. The zero-order chi connectivity index (χ0) is 28.8. The van der Waals surface area contributed by atoms with Crippen molar-refractivity contribution < 1.29 is 18.0 Å². The second-order valence-electron chi connectivity index (χ2n) is 10.5. The van der Waals surface area contributed by atoms with E-state index in [2.05, 4.69) is 5.32 Å². The lowest BCUT2D eigenvalue weighted by Gasteiger charge is -2.33. The number of carbonyl (C=O) groups excluding carboxylic acids is 2. The van der Waals surface area contributed by atoms with Crippen LogP contribution in [0.2, 0.25) is 10.0 Å². The number of amides is 2. The molecule has 2 aromatic carbocycles. The Morgan fingerprint density at radius 3 is 2.13 bits per heavy atom. The second-order valence-corrected chi connectivity index (χ2v) is 13.3. The van der Waals surface area contributed by atoms with Crippen LogP contribution in [0.4, 0.5) is 5.69 Å². The number of benzene rings is 2. The Balaban J connectivity index is 2.33. The van der Waals surface area contributed by atoms with E-state index in [-0.39, 0.29) is 37.7 Å². The molecule has 2 rings (SSSR count). The van der Waals surface area contributed by atoms with E-state index < -0.39 is 21.6 Å². The molecule has 0 spiro atoms. The van der Waals surface area contributed by atoms with Crippen molar-refractivity contribution in [1.82, 2.24) is 10.2 Å². The molecule has 0 aliphatic heterocycles. The molecule has 10 heteroatoms. The Bertz CT molecular complexity index is 1240. The van der Waals surface area contributed by atoms with Gasteiger partial charge in [-0.15, -0.1) is 0 Å². The summed E-state index contributed by atoms with van der Waals surface area (Å²) in [5, 5.41) is 3.77. The van der Waals surface area contributed by atoms with E-state index in [1.54, 1.807) is 24.3 Å². The van der Waals surface area contributed by atoms with Crippen LogP contribution in [-0.2, 0) is 26.2 Å². The van der Waals surface area contributed by atoms with Gasteiger partial charge < -0.3 is 10.2 Å². The summed E-state index contributed by atoms with van der Waals surface area (Å²) in [5.74, 6) is -0.559. The van der Waals surface area contributed by atoms with Crippen LogP contribution in [0.15, 0.2) is 36.4 Å². The largest absolute Gasteiger partial charge is 0.350 e. The number of carbonyl (C=O) groups is 2. The molecule has 0 unspecified atom stereocenters. The van der Waals surface area contributed by atoms with Gasteiger partial charge in [0.15, 0.2) is 0 Å². The molecule has 0 bridgehead atoms. The molecule has 0 fully saturated rings. The van der Waals surface area contributed by atoms with E-state index in [0.29, 0.717) is 27.7 Å². The van der Waals surface area contributed by atoms with Crippen molar-refractivity contribution in [3.05, 3.63) is 63.1 Å². The van der Waals surface area contributed by atoms with Crippen molar-refractivity contribution in [3.8, 4) is 0 Å².